The predicted molar refractivity (Wildman–Crippen MR) is 258 cm³/mol. The minimum Gasteiger partial charge on any atom is -0.0530 e. The molecule has 334 valence electrons. The monoisotopic (exact) mass is 1210 g/mol. The Morgan fingerprint density at radius 1 is 0.179 bits per heavy atom. The SMILES string of the molecule is C1CCC([PH+](C[PH+](C2CCCCC2)C2CCCCC2)C2CCCCC2)CC1.C1CCC([PH+](C[PH+](C2CCCCC2)C2CCCCC2)C2CCCCC2)CC1.[Au].[Au]. The second-order valence-electron chi connectivity index (χ2n) is 21.3. The summed E-state index contributed by atoms with van der Waals surface area (Å²) in [5, 5.41) is 0. The van der Waals surface area contributed by atoms with Crippen LogP contribution >= 0.6 is 31.7 Å². The predicted octanol–water partition coefficient (Wildman–Crippen LogP) is 17.4. The van der Waals surface area contributed by atoms with Crippen molar-refractivity contribution < 1.29 is 44.8 Å². The van der Waals surface area contributed by atoms with Crippen molar-refractivity contribution in [3.8, 4) is 0 Å². The van der Waals surface area contributed by atoms with Gasteiger partial charge in [0.2, 0.25) is 0 Å². The molecule has 56 heavy (non-hydrogen) atoms. The van der Waals surface area contributed by atoms with Crippen molar-refractivity contribution in [2.45, 2.75) is 302 Å². The van der Waals surface area contributed by atoms with E-state index in [1.165, 1.54) is 45.3 Å². The van der Waals surface area contributed by atoms with Crippen LogP contribution in [-0.2, 0) is 44.8 Å². The van der Waals surface area contributed by atoms with Crippen molar-refractivity contribution in [2.75, 3.05) is 11.8 Å². The van der Waals surface area contributed by atoms with Gasteiger partial charge in [-0.25, -0.2) is 0 Å². The summed E-state index contributed by atoms with van der Waals surface area (Å²) in [4.78, 5) is 0. The van der Waals surface area contributed by atoms with Gasteiger partial charge in [-0.1, -0.05) is 51.4 Å². The quantitative estimate of drug-likeness (QED) is 0.135. The summed E-state index contributed by atoms with van der Waals surface area (Å²) in [7, 11) is -0.384. The normalized spacial score (nSPS) is 27.2. The maximum Gasteiger partial charge on any atom is 0.156 e. The van der Waals surface area contributed by atoms with E-state index in [-0.39, 0.29) is 76.4 Å². The fraction of sp³-hybridized carbons (Fsp3) is 1.00. The Bertz CT molecular complexity index is 740. The molecule has 0 aromatic heterocycles. The molecule has 0 bridgehead atoms. The van der Waals surface area contributed by atoms with E-state index in [1.54, 1.807) is 257 Å². The van der Waals surface area contributed by atoms with E-state index in [2.05, 4.69) is 0 Å². The molecule has 0 unspecified atom stereocenters. The van der Waals surface area contributed by atoms with Gasteiger partial charge in [-0.05, 0) is 205 Å². The van der Waals surface area contributed by atoms with Crippen molar-refractivity contribution in [2.24, 2.45) is 0 Å². The largest absolute Gasteiger partial charge is 0.156 e. The van der Waals surface area contributed by atoms with E-state index < -0.39 is 0 Å². The maximum absolute atomic E-state index is 1.86. The third-order valence-corrected chi connectivity index (χ3v) is 37.4. The molecule has 0 N–H and O–H groups in total. The number of hydrogen-bond acceptors (Lipinski definition) is 0. The number of rotatable bonds is 12. The minimum absolute atomic E-state index is 0. The first-order chi connectivity index (χ1) is 26.8. The van der Waals surface area contributed by atoms with E-state index in [4.69, 9.17) is 0 Å². The molecular formula is C50H96Au2P4+4. The molecule has 6 heteroatoms. The van der Waals surface area contributed by atoms with Crippen molar-refractivity contribution in [3.63, 3.8) is 0 Å². The average molecular weight is 1220 g/mol. The molecule has 0 heterocycles. The van der Waals surface area contributed by atoms with Gasteiger partial charge in [0.05, 0.1) is 45.3 Å². The van der Waals surface area contributed by atoms with Crippen LogP contribution in [0.2, 0.25) is 0 Å². The van der Waals surface area contributed by atoms with Gasteiger partial charge in [0, 0.05) is 76.4 Å². The van der Waals surface area contributed by atoms with Crippen LogP contribution in [0.3, 0.4) is 0 Å². The summed E-state index contributed by atoms with van der Waals surface area (Å²) >= 11 is 0. The van der Waals surface area contributed by atoms with Gasteiger partial charge in [0.25, 0.3) is 0 Å². The summed E-state index contributed by atoms with van der Waals surface area (Å²) < 4.78 is 0. The molecule has 0 nitrogen and oxygen atoms in total. The molecule has 8 fully saturated rings. The van der Waals surface area contributed by atoms with Crippen molar-refractivity contribution >= 4 is 31.7 Å². The molecular weight excluding hydrogens is 1120 g/mol. The molecule has 0 aromatic carbocycles. The van der Waals surface area contributed by atoms with Crippen LogP contribution in [0.25, 0.3) is 0 Å². The topological polar surface area (TPSA) is 0 Å². The van der Waals surface area contributed by atoms with Crippen LogP contribution in [0.15, 0.2) is 0 Å². The zero-order chi connectivity index (χ0) is 36.6. The van der Waals surface area contributed by atoms with E-state index in [1.807, 2.05) is 11.8 Å². The molecule has 0 aromatic rings. The molecule has 8 aliphatic rings. The Kier molecular flexibility index (Phi) is 25.9. The second-order valence-corrected chi connectivity index (χ2v) is 35.3. The van der Waals surface area contributed by atoms with Crippen LogP contribution in [0, 0.1) is 0 Å². The Morgan fingerprint density at radius 3 is 0.393 bits per heavy atom. The van der Waals surface area contributed by atoms with Crippen LogP contribution in [-0.4, -0.2) is 57.1 Å². The Morgan fingerprint density at radius 2 is 0.286 bits per heavy atom. The summed E-state index contributed by atoms with van der Waals surface area (Å²) in [6.07, 6.45) is 64.1. The summed E-state index contributed by atoms with van der Waals surface area (Å²) in [6.45, 7) is 0. The fourth-order valence-electron chi connectivity index (χ4n) is 14.7. The van der Waals surface area contributed by atoms with Crippen LogP contribution in [0.5, 0.6) is 0 Å². The Hall–Kier alpha value is 3.20. The minimum atomic E-state index is -0.0959. The summed E-state index contributed by atoms with van der Waals surface area (Å²) in [5.41, 5.74) is 9.88. The van der Waals surface area contributed by atoms with Gasteiger partial charge in [-0.15, -0.1) is 0 Å². The van der Waals surface area contributed by atoms with Gasteiger partial charge in [-0.3, -0.25) is 0 Å². The summed E-state index contributed by atoms with van der Waals surface area (Å²) in [5.74, 6) is 3.72. The summed E-state index contributed by atoms with van der Waals surface area (Å²) in [6, 6.07) is 0. The first-order valence-corrected chi connectivity index (χ1v) is 33.7. The van der Waals surface area contributed by atoms with Gasteiger partial charge < -0.3 is 0 Å². The third-order valence-electron chi connectivity index (χ3n) is 17.9. The molecule has 0 saturated heterocycles. The molecule has 0 aliphatic heterocycles. The maximum atomic E-state index is 1.86. The zero-order valence-electron chi connectivity index (χ0n) is 36.9. The second kappa shape index (κ2) is 28.9. The molecule has 0 atom stereocenters. The Labute approximate surface area is 387 Å². The Balaban J connectivity index is 0.000000207. The van der Waals surface area contributed by atoms with Crippen molar-refractivity contribution in [1.82, 2.24) is 0 Å². The molecule has 8 aliphatic carbocycles. The number of hydrogen-bond donors (Lipinski definition) is 0. The third kappa shape index (κ3) is 15.7. The van der Waals surface area contributed by atoms with E-state index in [0.717, 1.165) is 0 Å². The van der Waals surface area contributed by atoms with Crippen molar-refractivity contribution in [3.05, 3.63) is 0 Å². The van der Waals surface area contributed by atoms with Gasteiger partial charge in [-0.2, -0.15) is 0 Å². The standard InChI is InChI=1S/2C25H46P2.2Au/c2*1-5-13-22(14-6-1)26(23-15-7-2-8-16-23)21-27(24-17-9-3-10-18-24)25-19-11-4-12-20-25;;/h2*22-25H,1-21H2;;/p+4. The van der Waals surface area contributed by atoms with Gasteiger partial charge >= 0.3 is 0 Å². The molecule has 0 amide bonds. The van der Waals surface area contributed by atoms with Gasteiger partial charge in [0.1, 0.15) is 0 Å². The first-order valence-electron chi connectivity index (χ1n) is 26.3. The molecule has 0 spiro atoms. The van der Waals surface area contributed by atoms with Crippen LogP contribution in [0.4, 0.5) is 0 Å². The first kappa shape index (κ1) is 50.2. The van der Waals surface area contributed by atoms with E-state index >= 15 is 0 Å². The van der Waals surface area contributed by atoms with E-state index in [9.17, 15) is 0 Å². The fourth-order valence-corrected chi connectivity index (χ4v) is 39.6. The molecule has 2 radical (unpaired) electrons. The molecule has 8 rings (SSSR count). The van der Waals surface area contributed by atoms with Crippen LogP contribution in [0.1, 0.15) is 257 Å². The van der Waals surface area contributed by atoms with E-state index in [0.29, 0.717) is 0 Å². The van der Waals surface area contributed by atoms with Crippen LogP contribution < -0.4 is 0 Å². The van der Waals surface area contributed by atoms with Crippen molar-refractivity contribution in [1.29, 1.82) is 0 Å². The smallest absolute Gasteiger partial charge is 0.0530 e. The molecule has 8 saturated carbocycles. The average Bonchev–Trinajstić information content (AvgIpc) is 3.27. The van der Waals surface area contributed by atoms with Gasteiger partial charge in [0.15, 0.2) is 11.8 Å². The zero-order valence-corrected chi connectivity index (χ0v) is 45.3.